The van der Waals surface area contributed by atoms with E-state index in [0.717, 1.165) is 30.0 Å². The Balaban J connectivity index is 2.35. The lowest BCUT2D eigenvalue weighted by molar-refractivity contribution is 0.525. The summed E-state index contributed by atoms with van der Waals surface area (Å²) in [7, 11) is -0.842. The van der Waals surface area contributed by atoms with Crippen molar-refractivity contribution in [3.05, 3.63) is 29.8 Å². The van der Waals surface area contributed by atoms with Crippen LogP contribution >= 0.6 is 0 Å². The Kier molecular flexibility index (Phi) is 6.45. The number of hydrogen-bond acceptors (Lipinski definition) is 2. The fourth-order valence-corrected chi connectivity index (χ4v) is 3.06. The molecule has 1 N–H and O–H groups in total. The van der Waals surface area contributed by atoms with Gasteiger partial charge in [0, 0.05) is 16.7 Å². The zero-order valence-corrected chi connectivity index (χ0v) is 11.8. The Morgan fingerprint density at radius 3 is 2.82 bits per heavy atom. The van der Waals surface area contributed by atoms with Crippen LogP contribution in [0.2, 0.25) is 0 Å². The van der Waals surface area contributed by atoms with Crippen molar-refractivity contribution >= 4 is 10.8 Å². The molecular formula is C14H23NOS. The highest BCUT2D eigenvalue weighted by Gasteiger charge is 2.05. The Morgan fingerprint density at radius 1 is 1.41 bits per heavy atom. The molecule has 0 heterocycles. The van der Waals surface area contributed by atoms with Gasteiger partial charge in [-0.1, -0.05) is 19.1 Å². The third-order valence-corrected chi connectivity index (χ3v) is 4.21. The molecule has 17 heavy (non-hydrogen) atoms. The van der Waals surface area contributed by atoms with Gasteiger partial charge in [0.25, 0.3) is 0 Å². The van der Waals surface area contributed by atoms with E-state index >= 15 is 0 Å². The van der Waals surface area contributed by atoms with Crippen molar-refractivity contribution in [2.24, 2.45) is 0 Å². The molecule has 0 fully saturated rings. The molecule has 0 aliphatic carbocycles. The van der Waals surface area contributed by atoms with Gasteiger partial charge in [-0.15, -0.1) is 0 Å². The summed E-state index contributed by atoms with van der Waals surface area (Å²) in [4.78, 5) is 0.959. The average molecular weight is 253 g/mol. The summed E-state index contributed by atoms with van der Waals surface area (Å²) in [5.74, 6) is 0.763. The van der Waals surface area contributed by atoms with Gasteiger partial charge in [0.05, 0.1) is 10.8 Å². The van der Waals surface area contributed by atoms with Crippen LogP contribution in [0.4, 0.5) is 0 Å². The highest BCUT2D eigenvalue weighted by Crippen LogP contribution is 2.11. The average Bonchev–Trinajstić information content (AvgIpc) is 2.29. The Bertz CT molecular complexity index is 365. The molecule has 0 saturated carbocycles. The largest absolute Gasteiger partial charge is 0.315 e. The first-order chi connectivity index (χ1) is 8.13. The van der Waals surface area contributed by atoms with Gasteiger partial charge in [0.2, 0.25) is 0 Å². The Hall–Kier alpha value is -0.670. The van der Waals surface area contributed by atoms with Crippen LogP contribution in [-0.4, -0.2) is 22.5 Å². The number of rotatable bonds is 7. The minimum atomic E-state index is -0.842. The topological polar surface area (TPSA) is 29.1 Å². The van der Waals surface area contributed by atoms with Gasteiger partial charge in [-0.3, -0.25) is 4.21 Å². The fraction of sp³-hybridized carbons (Fsp3) is 0.571. The molecule has 2 nitrogen and oxygen atoms in total. The maximum atomic E-state index is 12.0. The van der Waals surface area contributed by atoms with Crippen molar-refractivity contribution in [1.82, 2.24) is 5.32 Å². The Morgan fingerprint density at radius 2 is 2.18 bits per heavy atom. The second-order valence-corrected chi connectivity index (χ2v) is 6.04. The van der Waals surface area contributed by atoms with Crippen LogP contribution in [0.3, 0.4) is 0 Å². The minimum absolute atomic E-state index is 0.523. The van der Waals surface area contributed by atoms with Gasteiger partial charge in [-0.2, -0.15) is 0 Å². The molecule has 1 aromatic carbocycles. The third-order valence-electron chi connectivity index (χ3n) is 2.77. The SMILES string of the molecule is CCNC(C)CCCS(=O)c1cccc(C)c1. The second-order valence-electron chi connectivity index (χ2n) is 4.47. The summed E-state index contributed by atoms with van der Waals surface area (Å²) in [6.07, 6.45) is 2.10. The second kappa shape index (κ2) is 7.62. The summed E-state index contributed by atoms with van der Waals surface area (Å²) in [6, 6.07) is 8.51. The van der Waals surface area contributed by atoms with Gasteiger partial charge < -0.3 is 5.32 Å². The highest BCUT2D eigenvalue weighted by atomic mass is 32.2. The van der Waals surface area contributed by atoms with Gasteiger partial charge in [0.15, 0.2) is 0 Å². The number of hydrogen-bond donors (Lipinski definition) is 1. The molecule has 0 aliphatic rings. The van der Waals surface area contributed by atoms with Crippen LogP contribution < -0.4 is 5.32 Å². The van der Waals surface area contributed by atoms with Crippen molar-refractivity contribution in [2.75, 3.05) is 12.3 Å². The van der Waals surface area contributed by atoms with Crippen LogP contribution in [0.25, 0.3) is 0 Å². The van der Waals surface area contributed by atoms with Crippen LogP contribution in [0.1, 0.15) is 32.3 Å². The first-order valence-corrected chi connectivity index (χ1v) is 7.63. The van der Waals surface area contributed by atoms with E-state index in [0.29, 0.717) is 6.04 Å². The van der Waals surface area contributed by atoms with Crippen LogP contribution in [0, 0.1) is 6.92 Å². The summed E-state index contributed by atoms with van der Waals surface area (Å²) >= 11 is 0. The molecule has 2 unspecified atom stereocenters. The highest BCUT2D eigenvalue weighted by molar-refractivity contribution is 7.85. The van der Waals surface area contributed by atoms with Crippen molar-refractivity contribution < 1.29 is 4.21 Å². The predicted molar refractivity (Wildman–Crippen MR) is 74.8 cm³/mol. The molecule has 0 radical (unpaired) electrons. The van der Waals surface area contributed by atoms with Gasteiger partial charge in [-0.05, 0) is 50.9 Å². The molecule has 0 amide bonds. The van der Waals surface area contributed by atoms with Gasteiger partial charge >= 0.3 is 0 Å². The first kappa shape index (κ1) is 14.4. The molecule has 0 saturated heterocycles. The van der Waals surface area contributed by atoms with Crippen LogP contribution in [-0.2, 0) is 10.8 Å². The standard InChI is InChI=1S/C14H23NOS/c1-4-15-13(3)8-6-10-17(16)14-9-5-7-12(2)11-14/h5,7,9,11,13,15H,4,6,8,10H2,1-3H3. The van der Waals surface area contributed by atoms with Crippen molar-refractivity contribution in [2.45, 2.75) is 44.6 Å². The van der Waals surface area contributed by atoms with E-state index < -0.39 is 10.8 Å². The maximum Gasteiger partial charge on any atom is 0.0529 e. The van der Waals surface area contributed by atoms with E-state index in [2.05, 4.69) is 19.2 Å². The van der Waals surface area contributed by atoms with Crippen LogP contribution in [0.15, 0.2) is 29.2 Å². The molecule has 3 heteroatoms. The quantitative estimate of drug-likeness (QED) is 0.809. The Labute approximate surface area is 107 Å². The van der Waals surface area contributed by atoms with E-state index in [9.17, 15) is 4.21 Å². The number of nitrogens with one attached hydrogen (secondary N) is 1. The lowest BCUT2D eigenvalue weighted by Crippen LogP contribution is -2.25. The van der Waals surface area contributed by atoms with Crippen molar-refractivity contribution in [3.8, 4) is 0 Å². The molecule has 1 aromatic rings. The third kappa shape index (κ3) is 5.46. The monoisotopic (exact) mass is 253 g/mol. The molecular weight excluding hydrogens is 230 g/mol. The first-order valence-electron chi connectivity index (χ1n) is 6.32. The minimum Gasteiger partial charge on any atom is -0.315 e. The van der Waals surface area contributed by atoms with E-state index in [1.165, 1.54) is 5.56 Å². The normalized spacial score (nSPS) is 14.5. The molecule has 1 rings (SSSR count). The summed E-state index contributed by atoms with van der Waals surface area (Å²) in [5.41, 5.74) is 1.18. The lowest BCUT2D eigenvalue weighted by Gasteiger charge is -2.11. The van der Waals surface area contributed by atoms with E-state index in [4.69, 9.17) is 0 Å². The zero-order valence-electron chi connectivity index (χ0n) is 11.0. The van der Waals surface area contributed by atoms with E-state index in [1.807, 2.05) is 31.2 Å². The summed E-state index contributed by atoms with van der Waals surface area (Å²) < 4.78 is 12.0. The van der Waals surface area contributed by atoms with Crippen molar-refractivity contribution in [3.63, 3.8) is 0 Å². The molecule has 96 valence electrons. The van der Waals surface area contributed by atoms with E-state index in [1.54, 1.807) is 0 Å². The van der Waals surface area contributed by atoms with Crippen molar-refractivity contribution in [1.29, 1.82) is 0 Å². The van der Waals surface area contributed by atoms with Gasteiger partial charge in [-0.25, -0.2) is 0 Å². The molecule has 0 aromatic heterocycles. The molecule has 0 bridgehead atoms. The molecule has 0 spiro atoms. The molecule has 2 atom stereocenters. The molecule has 0 aliphatic heterocycles. The number of aryl methyl sites for hydroxylation is 1. The fourth-order valence-electron chi connectivity index (χ4n) is 1.85. The smallest absolute Gasteiger partial charge is 0.0529 e. The maximum absolute atomic E-state index is 12.0. The summed E-state index contributed by atoms with van der Waals surface area (Å²) in [6.45, 7) is 7.33. The van der Waals surface area contributed by atoms with Gasteiger partial charge in [0.1, 0.15) is 0 Å². The summed E-state index contributed by atoms with van der Waals surface area (Å²) in [5, 5.41) is 3.37. The van der Waals surface area contributed by atoms with E-state index in [-0.39, 0.29) is 0 Å². The lowest BCUT2D eigenvalue weighted by atomic mass is 10.2. The van der Waals surface area contributed by atoms with Crippen LogP contribution in [0.5, 0.6) is 0 Å². The number of benzene rings is 1. The predicted octanol–water partition coefficient (Wildman–Crippen LogP) is 2.88. The zero-order chi connectivity index (χ0) is 12.7.